The Morgan fingerprint density at radius 1 is 0.818 bits per heavy atom. The van der Waals surface area contributed by atoms with Gasteiger partial charge < -0.3 is 6.15 Å². The average molecular weight is 247 g/mol. The van der Waals surface area contributed by atoms with Gasteiger partial charge in [-0.1, -0.05) is 0 Å². The van der Waals surface area contributed by atoms with E-state index in [1.165, 1.54) is 0 Å². The summed E-state index contributed by atoms with van der Waals surface area (Å²) in [6.07, 6.45) is 0. The van der Waals surface area contributed by atoms with E-state index in [4.69, 9.17) is 15.8 Å². The molecule has 0 aromatic rings. The van der Waals surface area contributed by atoms with E-state index in [1.54, 1.807) is 0 Å². The minimum absolute atomic E-state index is 0. The van der Waals surface area contributed by atoms with Crippen molar-refractivity contribution in [1.29, 1.82) is 15.8 Å². The Bertz CT molecular complexity index is 174. The standard InChI is InChI=1S/3CHNS.Fe.H3N/c3*2-1-3;;/h3*3H;;1H3/q;;;+3;/p-3. The second-order valence-electron chi connectivity index (χ2n) is 0.667. The summed E-state index contributed by atoms with van der Waals surface area (Å²) in [6, 6.07) is 0. The Labute approximate surface area is 79.0 Å². The van der Waals surface area contributed by atoms with Crippen LogP contribution in [0.1, 0.15) is 0 Å². The van der Waals surface area contributed by atoms with Crippen LogP contribution >= 0.6 is 30.5 Å². The second kappa shape index (κ2) is 10.00. The predicted molar refractivity (Wildman–Crippen MR) is 44.6 cm³/mol. The van der Waals surface area contributed by atoms with Crippen LogP contribution in [0.4, 0.5) is 0 Å². The normalized spacial score (nSPS) is 7.91. The van der Waals surface area contributed by atoms with E-state index in [-0.39, 0.29) is 6.15 Å². The quantitative estimate of drug-likeness (QED) is 0.601. The van der Waals surface area contributed by atoms with Crippen molar-refractivity contribution in [1.82, 2.24) is 6.15 Å². The van der Waals surface area contributed by atoms with E-state index in [1.807, 2.05) is 16.2 Å². The van der Waals surface area contributed by atoms with Gasteiger partial charge in [0.05, 0.1) is 0 Å². The molecule has 0 spiro atoms. The summed E-state index contributed by atoms with van der Waals surface area (Å²) in [7, 11) is 1.92. The van der Waals surface area contributed by atoms with Gasteiger partial charge in [-0.3, -0.25) is 0 Å². The van der Waals surface area contributed by atoms with Crippen LogP contribution in [-0.2, 0) is 10.5 Å². The number of hydrogen-bond donors (Lipinski definition) is 1. The molecule has 4 nitrogen and oxygen atoms in total. The first-order valence-corrected chi connectivity index (χ1v) is 7.86. The Balaban J connectivity index is 0. The summed E-state index contributed by atoms with van der Waals surface area (Å²) in [5.74, 6) is 0. The zero-order valence-corrected chi connectivity index (χ0v) is 8.68. The Hall–Kier alpha value is -0.000519. The molecule has 0 unspecified atom stereocenters. The number of nitrogens with zero attached hydrogens (tertiary/aromatic N) is 3. The number of rotatable bonds is 3. The van der Waals surface area contributed by atoms with Crippen molar-refractivity contribution in [2.75, 3.05) is 0 Å². The third-order valence-electron chi connectivity index (χ3n) is 0.274. The van der Waals surface area contributed by atoms with Gasteiger partial charge in [-0.15, -0.1) is 0 Å². The van der Waals surface area contributed by atoms with Crippen molar-refractivity contribution in [3.63, 3.8) is 0 Å². The zero-order chi connectivity index (χ0) is 7.82. The Morgan fingerprint density at radius 2 is 1.09 bits per heavy atom. The van der Waals surface area contributed by atoms with Crippen molar-refractivity contribution in [2.24, 2.45) is 0 Å². The van der Waals surface area contributed by atoms with Gasteiger partial charge in [-0.25, -0.2) is 0 Å². The van der Waals surface area contributed by atoms with Gasteiger partial charge in [0.25, 0.3) is 0 Å². The van der Waals surface area contributed by atoms with Crippen LogP contribution in [-0.4, -0.2) is 0 Å². The zero-order valence-electron chi connectivity index (χ0n) is 5.13. The number of thiocyanates is 3. The summed E-state index contributed by atoms with van der Waals surface area (Å²) in [5, 5.41) is 30.1. The van der Waals surface area contributed by atoms with Gasteiger partial charge in [-0.2, -0.15) is 0 Å². The molecule has 0 aliphatic carbocycles. The molecule has 0 atom stereocenters. The molecule has 0 aromatic heterocycles. The summed E-state index contributed by atoms with van der Waals surface area (Å²) in [5.41, 5.74) is 0. The monoisotopic (exact) mass is 247 g/mol. The van der Waals surface area contributed by atoms with Crippen molar-refractivity contribution in [3.05, 3.63) is 0 Å². The molecule has 3 N–H and O–H groups in total. The van der Waals surface area contributed by atoms with Crippen molar-refractivity contribution in [2.45, 2.75) is 0 Å². The van der Waals surface area contributed by atoms with Gasteiger partial charge in [-0.05, 0) is 0 Å². The van der Waals surface area contributed by atoms with E-state index in [0.717, 1.165) is 30.5 Å². The molecule has 0 aromatic carbocycles. The van der Waals surface area contributed by atoms with Gasteiger partial charge in [0.1, 0.15) is 0 Å². The van der Waals surface area contributed by atoms with Crippen molar-refractivity contribution >= 4 is 30.5 Å². The van der Waals surface area contributed by atoms with Crippen molar-refractivity contribution < 1.29 is 10.5 Å². The van der Waals surface area contributed by atoms with Gasteiger partial charge >= 0.3 is 73.1 Å². The number of hydrogen-bond acceptors (Lipinski definition) is 7. The summed E-state index contributed by atoms with van der Waals surface area (Å²) in [6.45, 7) is 0. The predicted octanol–water partition coefficient (Wildman–Crippen LogP) is 2.15. The fraction of sp³-hybridized carbons (Fsp3) is 0. The van der Waals surface area contributed by atoms with E-state index < -0.39 is 10.5 Å². The van der Waals surface area contributed by atoms with E-state index in [2.05, 4.69) is 0 Å². The molecule has 0 fully saturated rings. The van der Waals surface area contributed by atoms with Gasteiger partial charge in [0, 0.05) is 0 Å². The average Bonchev–Trinajstić information content (AvgIpc) is 1.90. The van der Waals surface area contributed by atoms with Crippen LogP contribution in [0.25, 0.3) is 0 Å². The van der Waals surface area contributed by atoms with Crippen LogP contribution in [0.3, 0.4) is 0 Å². The van der Waals surface area contributed by atoms with E-state index >= 15 is 0 Å². The number of nitriles is 3. The maximum atomic E-state index is 8.18. The second-order valence-corrected chi connectivity index (χ2v) is 10.1. The fourth-order valence-electron chi connectivity index (χ4n) is 0.123. The molecule has 0 heterocycles. The SMILES string of the molecule is N.N#C[S][Fe]([S]C#N)[S]C#N. The van der Waals surface area contributed by atoms with E-state index in [9.17, 15) is 0 Å². The first-order chi connectivity index (χ1) is 4.85. The third-order valence-corrected chi connectivity index (χ3v) is 7.76. The Morgan fingerprint density at radius 3 is 1.27 bits per heavy atom. The molecule has 0 saturated carbocycles. The van der Waals surface area contributed by atoms with Gasteiger partial charge in [0.2, 0.25) is 0 Å². The molecule has 0 aliphatic heterocycles. The van der Waals surface area contributed by atoms with Crippen LogP contribution in [0.5, 0.6) is 0 Å². The van der Waals surface area contributed by atoms with Crippen LogP contribution in [0, 0.1) is 32.0 Å². The first kappa shape index (κ1) is 13.6. The van der Waals surface area contributed by atoms with Gasteiger partial charge in [0.15, 0.2) is 0 Å². The van der Waals surface area contributed by atoms with Crippen LogP contribution in [0.15, 0.2) is 0 Å². The summed E-state index contributed by atoms with van der Waals surface area (Å²) >= 11 is 0. The molecule has 0 rings (SSSR count). The van der Waals surface area contributed by atoms with E-state index in [0.29, 0.717) is 0 Å². The fourth-order valence-corrected chi connectivity index (χ4v) is 4.57. The molecular formula is C3H3FeN4S3. The molecule has 0 aliphatic rings. The summed E-state index contributed by atoms with van der Waals surface area (Å²) in [4.78, 5) is 0. The maximum absolute atomic E-state index is 8.18. The van der Waals surface area contributed by atoms with Crippen LogP contribution < -0.4 is 6.15 Å². The molecule has 0 bridgehead atoms. The third kappa shape index (κ3) is 7.90. The first-order valence-electron chi connectivity index (χ1n) is 1.72. The topological polar surface area (TPSA) is 106 Å². The van der Waals surface area contributed by atoms with Crippen LogP contribution in [0.2, 0.25) is 0 Å². The molecule has 0 saturated heterocycles. The minimum atomic E-state index is -1.06. The molecule has 11 heavy (non-hydrogen) atoms. The Kier molecular flexibility index (Phi) is 12.3. The van der Waals surface area contributed by atoms with Crippen molar-refractivity contribution in [3.8, 4) is 16.2 Å². The molecule has 0 radical (unpaired) electrons. The molecular weight excluding hydrogens is 244 g/mol. The molecule has 61 valence electrons. The molecule has 0 amide bonds. The summed E-state index contributed by atoms with van der Waals surface area (Å²) < 4.78 is 0. The molecule has 8 heteroatoms.